The second kappa shape index (κ2) is 11.2. The fourth-order valence-electron chi connectivity index (χ4n) is 6.45. The minimum Gasteiger partial charge on any atom is -0.278 e. The summed E-state index contributed by atoms with van der Waals surface area (Å²) in [7, 11) is 0. The van der Waals surface area contributed by atoms with E-state index in [1.807, 2.05) is 115 Å². The molecule has 0 saturated carbocycles. The monoisotopic (exact) mass is 605 g/mol. The minimum absolute atomic E-state index is 0.168. The van der Waals surface area contributed by atoms with Gasteiger partial charge in [-0.05, 0) is 51.2 Å². The smallest absolute Gasteiger partial charge is 0.238 e. The molecule has 0 aliphatic carbocycles. The maximum absolute atomic E-state index is 8.74. The van der Waals surface area contributed by atoms with Gasteiger partial charge in [-0.1, -0.05) is 152 Å². The molecule has 0 amide bonds. The number of hydrogen-bond acceptors (Lipinski definition) is 3. The van der Waals surface area contributed by atoms with Crippen LogP contribution in [-0.4, -0.2) is 19.5 Å². The number of fused-ring (bicyclic) bond motifs is 4. The van der Waals surface area contributed by atoms with Crippen LogP contribution in [0.5, 0.6) is 0 Å². The third-order valence-corrected chi connectivity index (χ3v) is 8.54. The number of nitrogens with zero attached hydrogens (tertiary/aromatic N) is 4. The molecule has 9 aromatic rings. The van der Waals surface area contributed by atoms with Crippen LogP contribution in [0.15, 0.2) is 170 Å². The highest BCUT2D eigenvalue weighted by Crippen LogP contribution is 2.38. The fraction of sp³-hybridized carbons (Fsp3) is 0. The van der Waals surface area contributed by atoms with Crippen molar-refractivity contribution < 1.29 is 6.85 Å². The van der Waals surface area contributed by atoms with Gasteiger partial charge in [0.05, 0.1) is 17.9 Å². The highest BCUT2D eigenvalue weighted by Gasteiger charge is 2.18. The SMILES string of the molecule is [2H]c1c([2H])c([2H])c(-c2cccc3cccc(-c4cccc(-c5nc(-c6ccccc6)nc(-n6c7ccccc7c7ccccc76)n5)c4)c23)c([2H])c1[2H]. The third-order valence-electron chi connectivity index (χ3n) is 8.54. The van der Waals surface area contributed by atoms with Crippen LogP contribution >= 0.6 is 0 Å². The van der Waals surface area contributed by atoms with Gasteiger partial charge in [-0.3, -0.25) is 4.57 Å². The molecule has 2 aromatic heterocycles. The zero-order valence-electron chi connectivity index (χ0n) is 30.1. The molecule has 47 heavy (non-hydrogen) atoms. The Morgan fingerprint density at radius 1 is 0.447 bits per heavy atom. The summed E-state index contributed by atoms with van der Waals surface area (Å²) in [6, 6.07) is 44.3. The van der Waals surface area contributed by atoms with Gasteiger partial charge < -0.3 is 0 Å². The largest absolute Gasteiger partial charge is 0.278 e. The lowest BCUT2D eigenvalue weighted by Crippen LogP contribution is -2.06. The maximum Gasteiger partial charge on any atom is 0.238 e. The average Bonchev–Trinajstić information content (AvgIpc) is 3.54. The van der Waals surface area contributed by atoms with E-state index < -0.39 is 6.04 Å². The lowest BCUT2D eigenvalue weighted by Gasteiger charge is -2.14. The number of para-hydroxylation sites is 2. The van der Waals surface area contributed by atoms with Crippen molar-refractivity contribution >= 4 is 32.6 Å². The molecule has 0 spiro atoms. The predicted octanol–water partition coefficient (Wildman–Crippen LogP) is 10.8. The molecule has 4 heteroatoms. The van der Waals surface area contributed by atoms with Gasteiger partial charge in [0.15, 0.2) is 11.6 Å². The summed E-state index contributed by atoms with van der Waals surface area (Å²) in [5, 5.41) is 3.88. The van der Waals surface area contributed by atoms with Crippen LogP contribution in [0.1, 0.15) is 6.85 Å². The van der Waals surface area contributed by atoms with Crippen molar-refractivity contribution in [1.29, 1.82) is 0 Å². The number of benzene rings is 7. The Morgan fingerprint density at radius 2 is 1.00 bits per heavy atom. The summed E-state index contributed by atoms with van der Waals surface area (Å²) in [6.07, 6.45) is 0. The number of hydrogen-bond donors (Lipinski definition) is 0. The molecule has 0 aliphatic heterocycles. The van der Waals surface area contributed by atoms with E-state index in [0.717, 1.165) is 54.8 Å². The molecule has 0 unspecified atom stereocenters. The zero-order chi connectivity index (χ0) is 35.5. The summed E-state index contributed by atoms with van der Waals surface area (Å²) in [5.74, 6) is 1.54. The second-order valence-corrected chi connectivity index (χ2v) is 11.3. The Bertz CT molecular complexity index is 2780. The van der Waals surface area contributed by atoms with Crippen LogP contribution in [0.4, 0.5) is 0 Å². The van der Waals surface area contributed by atoms with Gasteiger partial charge in [0.25, 0.3) is 0 Å². The van der Waals surface area contributed by atoms with E-state index in [9.17, 15) is 0 Å². The molecule has 9 rings (SSSR count). The highest BCUT2D eigenvalue weighted by atomic mass is 15.2. The van der Waals surface area contributed by atoms with Gasteiger partial charge >= 0.3 is 0 Å². The van der Waals surface area contributed by atoms with Crippen LogP contribution < -0.4 is 0 Å². The quantitative estimate of drug-likeness (QED) is 0.196. The number of aromatic nitrogens is 4. The first kappa shape index (κ1) is 22.2. The first-order chi connectivity index (χ1) is 25.4. The van der Waals surface area contributed by atoms with E-state index >= 15 is 0 Å². The summed E-state index contributed by atoms with van der Waals surface area (Å²) in [6.45, 7) is 0. The molecule has 0 N–H and O–H groups in total. The molecule has 4 nitrogen and oxygen atoms in total. The first-order valence-corrected chi connectivity index (χ1v) is 15.4. The molecule has 2 heterocycles. The Morgan fingerprint density at radius 3 is 1.70 bits per heavy atom. The van der Waals surface area contributed by atoms with E-state index in [2.05, 4.69) is 28.8 Å². The average molecular weight is 606 g/mol. The summed E-state index contributed by atoms with van der Waals surface area (Å²) in [5.41, 5.74) is 6.06. The summed E-state index contributed by atoms with van der Waals surface area (Å²) in [4.78, 5) is 15.2. The maximum atomic E-state index is 8.74. The van der Waals surface area contributed by atoms with E-state index in [1.165, 1.54) is 0 Å². The van der Waals surface area contributed by atoms with Crippen molar-refractivity contribution in [3.8, 4) is 51.0 Å². The Labute approximate surface area is 279 Å². The summed E-state index contributed by atoms with van der Waals surface area (Å²) < 4.78 is 44.4. The van der Waals surface area contributed by atoms with E-state index in [4.69, 9.17) is 21.8 Å². The van der Waals surface area contributed by atoms with E-state index in [1.54, 1.807) is 0 Å². The van der Waals surface area contributed by atoms with Crippen molar-refractivity contribution in [2.24, 2.45) is 0 Å². The van der Waals surface area contributed by atoms with Crippen LogP contribution in [0, 0.1) is 0 Å². The normalized spacial score (nSPS) is 12.9. The molecule has 0 atom stereocenters. The third kappa shape index (κ3) is 4.66. The lowest BCUT2D eigenvalue weighted by atomic mass is 9.91. The molecule has 0 radical (unpaired) electrons. The molecule has 0 aliphatic rings. The van der Waals surface area contributed by atoms with Crippen molar-refractivity contribution in [2.45, 2.75) is 0 Å². The van der Waals surface area contributed by atoms with Crippen molar-refractivity contribution in [3.05, 3.63) is 170 Å². The van der Waals surface area contributed by atoms with Crippen molar-refractivity contribution in [3.63, 3.8) is 0 Å². The second-order valence-electron chi connectivity index (χ2n) is 11.3. The van der Waals surface area contributed by atoms with E-state index in [-0.39, 0.29) is 29.7 Å². The zero-order valence-corrected chi connectivity index (χ0v) is 25.1. The molecular weight excluding hydrogens is 573 g/mol. The van der Waals surface area contributed by atoms with Crippen LogP contribution in [0.25, 0.3) is 83.6 Å². The fourth-order valence-corrected chi connectivity index (χ4v) is 6.45. The highest BCUT2D eigenvalue weighted by molar-refractivity contribution is 6.09. The van der Waals surface area contributed by atoms with Gasteiger partial charge in [-0.25, -0.2) is 4.98 Å². The van der Waals surface area contributed by atoms with Gasteiger partial charge in [0, 0.05) is 21.9 Å². The standard InChI is InChI=1S/C43H28N4/c1-3-14-29(15-4-1)34-24-12-18-30-19-13-25-35(40(30)34)32-20-11-21-33(28-32)42-44-41(31-16-5-2-6-17-31)45-43(46-42)47-38-26-9-7-22-36(38)37-23-8-10-27-39(37)47/h1-28H/i1D,3D,4D,14D,15D. The van der Waals surface area contributed by atoms with Gasteiger partial charge in [-0.15, -0.1) is 0 Å². The van der Waals surface area contributed by atoms with Crippen LogP contribution in [0.3, 0.4) is 0 Å². The van der Waals surface area contributed by atoms with Crippen LogP contribution in [0.2, 0.25) is 0 Å². The van der Waals surface area contributed by atoms with Crippen LogP contribution in [-0.2, 0) is 0 Å². The lowest BCUT2D eigenvalue weighted by molar-refractivity contribution is 0.953. The molecule has 0 saturated heterocycles. The van der Waals surface area contributed by atoms with Crippen molar-refractivity contribution in [2.75, 3.05) is 0 Å². The Balaban J connectivity index is 1.27. The Hall–Kier alpha value is -6.39. The van der Waals surface area contributed by atoms with Gasteiger partial charge in [0.1, 0.15) is 0 Å². The predicted molar refractivity (Wildman–Crippen MR) is 193 cm³/mol. The van der Waals surface area contributed by atoms with Crippen molar-refractivity contribution in [1.82, 2.24) is 19.5 Å². The van der Waals surface area contributed by atoms with Gasteiger partial charge in [0.2, 0.25) is 5.95 Å². The molecular formula is C43H28N4. The topological polar surface area (TPSA) is 43.6 Å². The molecule has 220 valence electrons. The first-order valence-electron chi connectivity index (χ1n) is 17.9. The van der Waals surface area contributed by atoms with E-state index in [0.29, 0.717) is 23.2 Å². The molecule has 7 aromatic carbocycles. The minimum atomic E-state index is -0.417. The molecule has 0 bridgehead atoms. The summed E-state index contributed by atoms with van der Waals surface area (Å²) >= 11 is 0. The number of rotatable bonds is 5. The van der Waals surface area contributed by atoms with Gasteiger partial charge in [-0.2, -0.15) is 9.97 Å². The molecule has 0 fully saturated rings. The Kier molecular flexibility index (Phi) is 5.28.